The molecule has 2 heterocycles. The number of rotatable bonds is 5. The Hall–Kier alpha value is -2.67. The highest BCUT2D eigenvalue weighted by Gasteiger charge is 2.21. The van der Waals surface area contributed by atoms with E-state index in [9.17, 15) is 9.59 Å². The molecule has 0 spiro atoms. The molecule has 3 aromatic rings. The fraction of sp³-hybridized carbons (Fsp3) is 0.235. The SMILES string of the molecule is Cc1nn(C)c2sc(C(=O)N[C@H](CC(=O)O)c3ccccc3)cc12. The number of aryl methyl sites for hydroxylation is 2. The van der Waals surface area contributed by atoms with Crippen LogP contribution in [0, 0.1) is 6.92 Å². The monoisotopic (exact) mass is 343 g/mol. The van der Waals surface area contributed by atoms with Crippen molar-refractivity contribution < 1.29 is 14.7 Å². The summed E-state index contributed by atoms with van der Waals surface area (Å²) in [7, 11) is 1.84. The standard InChI is InChI=1S/C17H17N3O3S/c1-10-12-8-14(24-17(12)20(2)19-10)16(23)18-13(9-15(21)22)11-6-4-3-5-7-11/h3-8,13H,9H2,1-2H3,(H,18,23)(H,21,22)/t13-/m1/s1. The molecule has 2 aromatic heterocycles. The molecular formula is C17H17N3O3S. The lowest BCUT2D eigenvalue weighted by Crippen LogP contribution is -2.29. The largest absolute Gasteiger partial charge is 0.481 e. The van der Waals surface area contributed by atoms with Gasteiger partial charge in [0.25, 0.3) is 5.91 Å². The van der Waals surface area contributed by atoms with Crippen LogP contribution in [0.3, 0.4) is 0 Å². The topological polar surface area (TPSA) is 84.2 Å². The van der Waals surface area contributed by atoms with E-state index in [0.717, 1.165) is 21.5 Å². The second-order valence-electron chi connectivity index (χ2n) is 5.57. The number of thiophene rings is 1. The molecule has 3 rings (SSSR count). The Morgan fingerprint density at radius 1 is 1.33 bits per heavy atom. The molecule has 1 atom stereocenters. The second kappa shape index (κ2) is 6.45. The highest BCUT2D eigenvalue weighted by atomic mass is 32.1. The first-order valence-electron chi connectivity index (χ1n) is 7.46. The van der Waals surface area contributed by atoms with Crippen molar-refractivity contribution in [3.05, 3.63) is 52.5 Å². The van der Waals surface area contributed by atoms with Gasteiger partial charge in [-0.15, -0.1) is 11.3 Å². The van der Waals surface area contributed by atoms with Crippen molar-refractivity contribution in [1.29, 1.82) is 0 Å². The van der Waals surface area contributed by atoms with Crippen LogP contribution in [0.2, 0.25) is 0 Å². The summed E-state index contributed by atoms with van der Waals surface area (Å²) in [6, 6.07) is 10.4. The van der Waals surface area contributed by atoms with Crippen molar-refractivity contribution in [1.82, 2.24) is 15.1 Å². The van der Waals surface area contributed by atoms with Crippen molar-refractivity contribution in [3.63, 3.8) is 0 Å². The Labute approximate surface area is 142 Å². The maximum absolute atomic E-state index is 12.6. The summed E-state index contributed by atoms with van der Waals surface area (Å²) in [5.74, 6) is -1.23. The summed E-state index contributed by atoms with van der Waals surface area (Å²) in [5.41, 5.74) is 1.64. The lowest BCUT2D eigenvalue weighted by molar-refractivity contribution is -0.137. The van der Waals surface area contributed by atoms with E-state index in [2.05, 4.69) is 10.4 Å². The van der Waals surface area contributed by atoms with Crippen LogP contribution in [-0.2, 0) is 11.8 Å². The van der Waals surface area contributed by atoms with E-state index in [1.165, 1.54) is 11.3 Å². The molecule has 0 aliphatic carbocycles. The predicted molar refractivity (Wildman–Crippen MR) is 92.2 cm³/mol. The van der Waals surface area contributed by atoms with E-state index in [1.54, 1.807) is 10.7 Å². The summed E-state index contributed by atoms with van der Waals surface area (Å²) in [6.45, 7) is 1.90. The highest BCUT2D eigenvalue weighted by molar-refractivity contribution is 7.20. The number of aliphatic carboxylic acids is 1. The number of carbonyl (C=O) groups excluding carboxylic acids is 1. The van der Waals surface area contributed by atoms with Gasteiger partial charge in [-0.3, -0.25) is 14.3 Å². The highest BCUT2D eigenvalue weighted by Crippen LogP contribution is 2.28. The van der Waals surface area contributed by atoms with Crippen LogP contribution in [0.4, 0.5) is 0 Å². The van der Waals surface area contributed by atoms with E-state index in [1.807, 2.05) is 44.3 Å². The summed E-state index contributed by atoms with van der Waals surface area (Å²) < 4.78 is 1.75. The number of hydrogen-bond acceptors (Lipinski definition) is 4. The van der Waals surface area contributed by atoms with Crippen LogP contribution < -0.4 is 5.32 Å². The number of nitrogens with zero attached hydrogens (tertiary/aromatic N) is 2. The fourth-order valence-corrected chi connectivity index (χ4v) is 3.68. The van der Waals surface area contributed by atoms with Crippen molar-refractivity contribution in [2.45, 2.75) is 19.4 Å². The number of aromatic nitrogens is 2. The Bertz CT molecular complexity index is 864. The number of hydrogen-bond donors (Lipinski definition) is 2. The zero-order valence-corrected chi connectivity index (χ0v) is 14.1. The molecule has 0 saturated heterocycles. The molecule has 1 amide bonds. The summed E-state index contributed by atoms with van der Waals surface area (Å²) >= 11 is 1.35. The summed E-state index contributed by atoms with van der Waals surface area (Å²) in [4.78, 5) is 25.2. The quantitative estimate of drug-likeness (QED) is 0.746. The van der Waals surface area contributed by atoms with Gasteiger partial charge in [0.15, 0.2) is 0 Å². The van der Waals surface area contributed by atoms with Gasteiger partial charge in [0.05, 0.1) is 23.0 Å². The van der Waals surface area contributed by atoms with Gasteiger partial charge in [0.1, 0.15) is 4.83 Å². The van der Waals surface area contributed by atoms with Gasteiger partial charge in [-0.25, -0.2) is 0 Å². The predicted octanol–water partition coefficient (Wildman–Crippen LogP) is 2.89. The van der Waals surface area contributed by atoms with E-state index >= 15 is 0 Å². The number of benzene rings is 1. The van der Waals surface area contributed by atoms with Gasteiger partial charge in [-0.05, 0) is 18.6 Å². The molecule has 0 saturated carbocycles. The minimum absolute atomic E-state index is 0.165. The lowest BCUT2D eigenvalue weighted by atomic mass is 10.0. The average molecular weight is 343 g/mol. The van der Waals surface area contributed by atoms with Crippen LogP contribution in [-0.4, -0.2) is 26.8 Å². The minimum Gasteiger partial charge on any atom is -0.481 e. The molecule has 0 aliphatic heterocycles. The van der Waals surface area contributed by atoms with Gasteiger partial charge in [0, 0.05) is 12.4 Å². The Balaban J connectivity index is 1.86. The fourth-order valence-electron chi connectivity index (χ4n) is 2.66. The average Bonchev–Trinajstić information content (AvgIpc) is 3.09. The van der Waals surface area contributed by atoms with E-state index in [-0.39, 0.29) is 12.3 Å². The van der Waals surface area contributed by atoms with E-state index in [0.29, 0.717) is 4.88 Å². The molecule has 7 heteroatoms. The zero-order chi connectivity index (χ0) is 17.3. The van der Waals surface area contributed by atoms with E-state index < -0.39 is 12.0 Å². The third kappa shape index (κ3) is 3.16. The van der Waals surface area contributed by atoms with E-state index in [4.69, 9.17) is 5.11 Å². The zero-order valence-electron chi connectivity index (χ0n) is 13.3. The summed E-state index contributed by atoms with van der Waals surface area (Å²) in [6.07, 6.45) is -0.165. The van der Waals surface area contributed by atoms with Crippen molar-refractivity contribution >= 4 is 33.4 Å². The van der Waals surface area contributed by atoms with Crippen molar-refractivity contribution in [2.75, 3.05) is 0 Å². The maximum Gasteiger partial charge on any atom is 0.305 e. The number of carboxylic acids is 1. The molecule has 6 nitrogen and oxygen atoms in total. The molecule has 0 aliphatic rings. The molecule has 2 N–H and O–H groups in total. The number of amides is 1. The first kappa shape index (κ1) is 16.2. The van der Waals surface area contributed by atoms with Crippen molar-refractivity contribution in [2.24, 2.45) is 7.05 Å². The number of carboxylic acid groups (broad SMARTS) is 1. The van der Waals surface area contributed by atoms with Gasteiger partial charge < -0.3 is 10.4 Å². The number of carbonyl (C=O) groups is 2. The molecular weight excluding hydrogens is 326 g/mol. The second-order valence-corrected chi connectivity index (χ2v) is 6.60. The van der Waals surface area contributed by atoms with Crippen LogP contribution in [0.1, 0.15) is 33.4 Å². The Kier molecular flexibility index (Phi) is 4.35. The third-order valence-electron chi connectivity index (χ3n) is 3.81. The Morgan fingerprint density at radius 2 is 2.04 bits per heavy atom. The van der Waals surface area contributed by atoms with Crippen LogP contribution in [0.25, 0.3) is 10.2 Å². The molecule has 24 heavy (non-hydrogen) atoms. The van der Waals surface area contributed by atoms with Crippen LogP contribution in [0.5, 0.6) is 0 Å². The molecule has 0 fully saturated rings. The molecule has 124 valence electrons. The molecule has 1 aromatic carbocycles. The smallest absolute Gasteiger partial charge is 0.305 e. The first-order valence-corrected chi connectivity index (χ1v) is 8.28. The van der Waals surface area contributed by atoms with Gasteiger partial charge in [-0.2, -0.15) is 5.10 Å². The van der Waals surface area contributed by atoms with Crippen LogP contribution >= 0.6 is 11.3 Å². The van der Waals surface area contributed by atoms with Gasteiger partial charge in [0.2, 0.25) is 0 Å². The minimum atomic E-state index is -0.958. The molecule has 0 unspecified atom stereocenters. The first-order chi connectivity index (χ1) is 11.5. The van der Waals surface area contributed by atoms with Crippen molar-refractivity contribution in [3.8, 4) is 0 Å². The van der Waals surface area contributed by atoms with Gasteiger partial charge >= 0.3 is 5.97 Å². The third-order valence-corrected chi connectivity index (χ3v) is 5.01. The lowest BCUT2D eigenvalue weighted by Gasteiger charge is -2.16. The van der Waals surface area contributed by atoms with Crippen LogP contribution in [0.15, 0.2) is 36.4 Å². The maximum atomic E-state index is 12.6. The Morgan fingerprint density at radius 3 is 2.67 bits per heavy atom. The molecule has 0 radical (unpaired) electrons. The van der Waals surface area contributed by atoms with Gasteiger partial charge in [-0.1, -0.05) is 30.3 Å². The molecule has 0 bridgehead atoms. The summed E-state index contributed by atoms with van der Waals surface area (Å²) in [5, 5.41) is 17.2. The normalized spacial score (nSPS) is 12.2. The number of fused-ring (bicyclic) bond motifs is 1. The number of nitrogens with one attached hydrogen (secondary N) is 1.